The van der Waals surface area contributed by atoms with Crippen molar-refractivity contribution in [1.29, 1.82) is 0 Å². The van der Waals surface area contributed by atoms with Gasteiger partial charge in [-0.15, -0.1) is 0 Å². The Bertz CT molecular complexity index is 2460. The first kappa shape index (κ1) is 83.2. The lowest BCUT2D eigenvalue weighted by molar-refractivity contribution is -0.156. The van der Waals surface area contributed by atoms with Gasteiger partial charge in [-0.1, -0.05) is 109 Å². The van der Waals surface area contributed by atoms with Crippen molar-refractivity contribution in [2.24, 2.45) is 41.4 Å². The quantitative estimate of drug-likeness (QED) is 0.0930. The number of carbonyl (C=O) groups is 11. The van der Waals surface area contributed by atoms with E-state index in [0.29, 0.717) is 18.7 Å². The second kappa shape index (κ2) is 39.0. The van der Waals surface area contributed by atoms with E-state index in [9.17, 15) is 24.0 Å². The Morgan fingerprint density at radius 1 is 0.440 bits per heavy atom. The van der Waals surface area contributed by atoms with Crippen molar-refractivity contribution in [2.75, 3.05) is 81.5 Å². The molecule has 11 amide bonds. The molecule has 4 N–H and O–H groups in total. The van der Waals surface area contributed by atoms with Crippen LogP contribution in [0.5, 0.6) is 0 Å². The van der Waals surface area contributed by atoms with Crippen LogP contribution in [-0.4, -0.2) is 252 Å². The van der Waals surface area contributed by atoms with E-state index in [1.807, 2.05) is 100 Å². The fourth-order valence-corrected chi connectivity index (χ4v) is 12.6. The van der Waals surface area contributed by atoms with Crippen LogP contribution in [0.25, 0.3) is 0 Å². The van der Waals surface area contributed by atoms with E-state index in [-0.39, 0.29) is 73.9 Å². The zero-order valence-electron chi connectivity index (χ0n) is 60.6. The minimum absolute atomic E-state index is 0.0967. The Morgan fingerprint density at radius 3 is 1.27 bits per heavy atom. The molecule has 24 heteroatoms. The van der Waals surface area contributed by atoms with Crippen molar-refractivity contribution >= 4 is 76.7 Å². The maximum Gasteiger partial charge on any atom is 0.246 e. The lowest BCUT2D eigenvalue weighted by atomic mass is 9.93. The van der Waals surface area contributed by atoms with Crippen molar-refractivity contribution in [2.45, 2.75) is 229 Å². The molecule has 1 fully saturated rings. The van der Waals surface area contributed by atoms with Crippen molar-refractivity contribution < 1.29 is 52.7 Å². The summed E-state index contributed by atoms with van der Waals surface area (Å²) in [5, 5.41) is 11.3. The molecular weight excluding hydrogens is 1180 g/mol. The predicted octanol–water partition coefficient (Wildman–Crippen LogP) is 4.96. The molecule has 1 aliphatic heterocycles. The Labute approximate surface area is 551 Å². The molecule has 91 heavy (non-hydrogen) atoms. The summed E-state index contributed by atoms with van der Waals surface area (Å²) >= 11 is 1.45. The molecule has 1 saturated heterocycles. The minimum Gasteiger partial charge on any atom is -0.343 e. The molecule has 0 aromatic carbocycles. The zero-order valence-corrected chi connectivity index (χ0v) is 61.4. The summed E-state index contributed by atoms with van der Waals surface area (Å²) in [6.07, 6.45) is 5.39. The van der Waals surface area contributed by atoms with Crippen LogP contribution >= 0.6 is 11.8 Å². The number of thioether (sulfide) groups is 1. The SMILES string of the molecule is C/C=C/C[C@@H](C)C[C@H]1C(=O)N[C@@H](CC)C(=O)N(C)[C@@H](CSCCN(C)C)C(=O)N(C)[C@@H](CC(C)C)C(=O)N[C@H](C(C)C)C(=O)N(C)[C@H](CC(C)C)C(=O)N[C@H](C)C(=O)N[C@@H](C)C(=O)N(C)[C@@H](CC(C)C)C(=O)N(C)[C@@H](CC(C)C)C(=O)N(C)[C@@H](C(C)C)C(=O)N1C. The van der Waals surface area contributed by atoms with Gasteiger partial charge in [0.05, 0.1) is 0 Å². The smallest absolute Gasteiger partial charge is 0.246 e. The van der Waals surface area contributed by atoms with Crippen LogP contribution in [0.2, 0.25) is 0 Å². The molecule has 0 unspecified atom stereocenters. The van der Waals surface area contributed by atoms with E-state index in [0.717, 1.165) is 0 Å². The second-order valence-corrected chi connectivity index (χ2v) is 29.3. The number of nitrogens with one attached hydrogen (secondary N) is 4. The van der Waals surface area contributed by atoms with Gasteiger partial charge in [-0.2, -0.15) is 11.8 Å². The lowest BCUT2D eigenvalue weighted by Crippen LogP contribution is -2.62. The second-order valence-electron chi connectivity index (χ2n) is 28.1. The average Bonchev–Trinajstić information content (AvgIpc) is 0.979. The molecule has 1 rings (SSSR count). The van der Waals surface area contributed by atoms with Crippen molar-refractivity contribution in [3.05, 3.63) is 12.2 Å². The van der Waals surface area contributed by atoms with Crippen LogP contribution in [0, 0.1) is 41.4 Å². The van der Waals surface area contributed by atoms with Gasteiger partial charge in [0, 0.05) is 67.4 Å². The van der Waals surface area contributed by atoms with Crippen LogP contribution in [0.4, 0.5) is 0 Å². The molecule has 12 atom stereocenters. The number of carbonyl (C=O) groups excluding carboxylic acids is 11. The number of nitrogens with zero attached hydrogens (tertiary/aromatic N) is 8. The summed E-state index contributed by atoms with van der Waals surface area (Å²) in [5.41, 5.74) is 0. The van der Waals surface area contributed by atoms with Gasteiger partial charge < -0.3 is 60.5 Å². The summed E-state index contributed by atoms with van der Waals surface area (Å²) in [5.74, 6) is -7.62. The first-order valence-corrected chi connectivity index (χ1v) is 34.2. The summed E-state index contributed by atoms with van der Waals surface area (Å²) in [4.78, 5) is 175. The number of amides is 11. The highest BCUT2D eigenvalue weighted by atomic mass is 32.2. The van der Waals surface area contributed by atoms with Crippen LogP contribution in [0.3, 0.4) is 0 Å². The number of allylic oxidation sites excluding steroid dienone is 2. The van der Waals surface area contributed by atoms with Crippen molar-refractivity contribution in [3.8, 4) is 0 Å². The monoisotopic (exact) mass is 1300 g/mol. The minimum atomic E-state index is -1.22. The van der Waals surface area contributed by atoms with Crippen LogP contribution < -0.4 is 21.3 Å². The van der Waals surface area contributed by atoms with E-state index in [1.54, 1.807) is 34.6 Å². The van der Waals surface area contributed by atoms with Gasteiger partial charge >= 0.3 is 0 Å². The molecule has 1 aliphatic rings. The van der Waals surface area contributed by atoms with Crippen LogP contribution in [0.15, 0.2) is 12.2 Å². The first-order chi connectivity index (χ1) is 42.1. The molecule has 0 spiro atoms. The maximum absolute atomic E-state index is 15.3. The largest absolute Gasteiger partial charge is 0.343 e. The summed E-state index contributed by atoms with van der Waals surface area (Å²) in [6, 6.07) is -12.7. The van der Waals surface area contributed by atoms with Gasteiger partial charge in [0.15, 0.2) is 0 Å². The van der Waals surface area contributed by atoms with Gasteiger partial charge in [-0.3, -0.25) is 52.7 Å². The fraction of sp³-hybridized carbons (Fsp3) is 0.806. The first-order valence-electron chi connectivity index (χ1n) is 33.0. The zero-order chi connectivity index (χ0) is 70.4. The Balaban J connectivity index is 4.48. The fourth-order valence-electron chi connectivity index (χ4n) is 11.4. The van der Waals surface area contributed by atoms with Gasteiger partial charge in [0.2, 0.25) is 65.0 Å². The van der Waals surface area contributed by atoms with Crippen molar-refractivity contribution in [1.82, 2.24) is 60.5 Å². The predicted molar refractivity (Wildman–Crippen MR) is 362 cm³/mol. The van der Waals surface area contributed by atoms with Gasteiger partial charge in [0.1, 0.15) is 66.5 Å². The Hall–Kier alpha value is -5.78. The topological polar surface area (TPSA) is 262 Å². The number of hydrogen-bond donors (Lipinski definition) is 4. The molecule has 0 radical (unpaired) electrons. The standard InChI is InChI=1S/C67H122N12O11S/c1-27-29-30-45(15)37-51-59(82)70-48(28-2)62(85)78(25)54(38-91-32-31-72(18)19)65(88)73(20)50(34-40(5)6)60(83)71-55(43(11)12)66(89)74(21)49(33-39(3)4)58(81)68-46(16)57(80)69-47(17)61(84)76(23)52(35-41(7)8)63(86)77(24)53(36-42(9)10)64(87)79(26)56(44(13)14)67(90)75(51)22/h27,29,39-56H,28,30-38H2,1-26H3,(H,68,81)(H,69,80)(H,70,82)(H,71,83)/b29-27+/t45-,46-,47+,48+,49-,50+,51+,52+,53+,54+,55-,56+/m1/s1. The molecule has 522 valence electrons. The third-order valence-corrected chi connectivity index (χ3v) is 18.2. The van der Waals surface area contributed by atoms with E-state index in [2.05, 4.69) is 21.3 Å². The van der Waals surface area contributed by atoms with E-state index >= 15 is 28.8 Å². The Morgan fingerprint density at radius 2 is 0.824 bits per heavy atom. The Kier molecular flexibility index (Phi) is 35.7. The number of likely N-dealkylation sites (N-methyl/N-ethyl adjacent to an activating group) is 7. The molecule has 0 bridgehead atoms. The molecule has 1 heterocycles. The molecule has 0 aromatic rings. The normalized spacial score (nSPS) is 26.5. The molecule has 0 aliphatic carbocycles. The number of hydrogen-bond acceptors (Lipinski definition) is 13. The van der Waals surface area contributed by atoms with Crippen LogP contribution in [-0.2, 0) is 52.7 Å². The maximum atomic E-state index is 15.3. The summed E-state index contributed by atoms with van der Waals surface area (Å²) in [7, 11) is 14.3. The highest BCUT2D eigenvalue weighted by Crippen LogP contribution is 2.26. The van der Waals surface area contributed by atoms with Gasteiger partial charge in [-0.25, -0.2) is 0 Å². The molecule has 0 aromatic heterocycles. The number of rotatable bonds is 20. The summed E-state index contributed by atoms with van der Waals surface area (Å²) < 4.78 is 0. The third-order valence-electron chi connectivity index (χ3n) is 17.2. The van der Waals surface area contributed by atoms with Crippen LogP contribution in [0.1, 0.15) is 163 Å². The van der Waals surface area contributed by atoms with Crippen molar-refractivity contribution in [3.63, 3.8) is 0 Å². The average molecular weight is 1300 g/mol. The lowest BCUT2D eigenvalue weighted by Gasteiger charge is -2.41. The van der Waals surface area contributed by atoms with E-state index < -0.39 is 143 Å². The molecule has 0 saturated carbocycles. The summed E-state index contributed by atoms with van der Waals surface area (Å²) in [6.45, 7) is 31.4. The third kappa shape index (κ3) is 24.9. The highest BCUT2D eigenvalue weighted by Gasteiger charge is 2.45. The van der Waals surface area contributed by atoms with Gasteiger partial charge in [-0.05, 0) is 121 Å². The van der Waals surface area contributed by atoms with Gasteiger partial charge in [0.25, 0.3) is 0 Å². The molecule has 23 nitrogen and oxygen atoms in total. The molecular formula is C67H122N12O11S. The highest BCUT2D eigenvalue weighted by molar-refractivity contribution is 7.99. The van der Waals surface area contributed by atoms with E-state index in [4.69, 9.17) is 0 Å². The van der Waals surface area contributed by atoms with E-state index in [1.165, 1.54) is 109 Å².